The lowest BCUT2D eigenvalue weighted by Crippen LogP contribution is -2.26. The number of nitrogens with one attached hydrogen (secondary N) is 1. The number of nitrogens with zero attached hydrogens (tertiary/aromatic N) is 2. The molecule has 1 aliphatic rings. The molecule has 152 valence electrons. The minimum Gasteiger partial charge on any atom is -0.510 e. The molecular formula is C23H21N3O3S. The van der Waals surface area contributed by atoms with Crippen molar-refractivity contribution < 1.29 is 14.6 Å². The van der Waals surface area contributed by atoms with Crippen LogP contribution < -0.4 is 4.90 Å². The van der Waals surface area contributed by atoms with Crippen LogP contribution in [0, 0.1) is 5.41 Å². The van der Waals surface area contributed by atoms with Crippen LogP contribution in [0.15, 0.2) is 65.7 Å². The van der Waals surface area contributed by atoms with E-state index in [0.29, 0.717) is 21.8 Å². The van der Waals surface area contributed by atoms with Crippen LogP contribution >= 0.6 is 11.3 Å². The van der Waals surface area contributed by atoms with Crippen LogP contribution in [-0.4, -0.2) is 34.5 Å². The molecular weight excluding hydrogens is 398 g/mol. The Morgan fingerprint density at radius 2 is 1.87 bits per heavy atom. The zero-order chi connectivity index (χ0) is 21.3. The Bertz CT molecular complexity index is 1120. The van der Waals surface area contributed by atoms with Crippen molar-refractivity contribution >= 4 is 34.4 Å². The summed E-state index contributed by atoms with van der Waals surface area (Å²) in [6.45, 7) is 3.79. The normalized spacial score (nSPS) is 14.0. The summed E-state index contributed by atoms with van der Waals surface area (Å²) in [5, 5.41) is 21.7. The number of thiazole rings is 1. The van der Waals surface area contributed by atoms with E-state index in [9.17, 15) is 9.90 Å². The van der Waals surface area contributed by atoms with Crippen LogP contribution in [0.4, 0.5) is 5.69 Å². The van der Waals surface area contributed by atoms with E-state index in [1.165, 1.54) is 11.3 Å². The Morgan fingerprint density at radius 1 is 1.17 bits per heavy atom. The Morgan fingerprint density at radius 3 is 2.53 bits per heavy atom. The zero-order valence-electron chi connectivity index (χ0n) is 16.6. The number of anilines is 1. The summed E-state index contributed by atoms with van der Waals surface area (Å²) < 4.78 is 5.20. The number of rotatable bonds is 5. The average Bonchev–Trinajstić information content (AvgIpc) is 3.32. The van der Waals surface area contributed by atoms with E-state index in [-0.39, 0.29) is 30.2 Å². The first-order valence-electron chi connectivity index (χ1n) is 9.55. The number of benzene rings is 2. The van der Waals surface area contributed by atoms with Crippen LogP contribution in [-0.2, 0) is 4.74 Å². The highest BCUT2D eigenvalue weighted by molar-refractivity contribution is 7.11. The van der Waals surface area contributed by atoms with Crippen LogP contribution in [0.3, 0.4) is 0 Å². The van der Waals surface area contributed by atoms with Gasteiger partial charge in [0, 0.05) is 16.6 Å². The molecule has 0 bridgehead atoms. The van der Waals surface area contributed by atoms with Crippen LogP contribution in [0.25, 0.3) is 16.8 Å². The first kappa shape index (κ1) is 19.8. The van der Waals surface area contributed by atoms with Gasteiger partial charge in [-0.15, -0.1) is 11.3 Å². The van der Waals surface area contributed by atoms with Crippen molar-refractivity contribution in [3.05, 3.63) is 76.3 Å². The molecule has 0 aliphatic carbocycles. The third-order valence-electron chi connectivity index (χ3n) is 4.65. The molecule has 2 aromatic carbocycles. The van der Waals surface area contributed by atoms with Crippen LogP contribution in [0.1, 0.15) is 29.2 Å². The van der Waals surface area contributed by atoms with Crippen LogP contribution in [0.2, 0.25) is 0 Å². The third-order valence-corrected chi connectivity index (χ3v) is 5.51. The summed E-state index contributed by atoms with van der Waals surface area (Å²) in [6, 6.07) is 16.6. The molecule has 0 saturated carbocycles. The van der Waals surface area contributed by atoms with Gasteiger partial charge in [0.25, 0.3) is 0 Å². The summed E-state index contributed by atoms with van der Waals surface area (Å²) in [4.78, 5) is 18.3. The molecule has 0 atom stereocenters. The Kier molecular flexibility index (Phi) is 5.37. The van der Waals surface area contributed by atoms with E-state index in [2.05, 4.69) is 4.98 Å². The van der Waals surface area contributed by atoms with Gasteiger partial charge in [-0.25, -0.2) is 9.78 Å². The second-order valence-corrected chi connectivity index (χ2v) is 8.02. The maximum atomic E-state index is 12.0. The van der Waals surface area contributed by atoms with E-state index >= 15 is 0 Å². The van der Waals surface area contributed by atoms with Crippen molar-refractivity contribution in [3.63, 3.8) is 0 Å². The molecule has 1 aromatic heterocycles. The molecule has 2 heterocycles. The molecule has 7 heteroatoms. The summed E-state index contributed by atoms with van der Waals surface area (Å²) in [5.74, 6) is -0.0952. The molecule has 2 N–H and O–H groups in total. The van der Waals surface area contributed by atoms with E-state index in [1.807, 2.05) is 35.7 Å². The molecule has 0 spiro atoms. The number of hydrogen-bond donors (Lipinski definition) is 2. The fraction of sp³-hybridized carbons (Fsp3) is 0.174. The minimum atomic E-state index is -0.383. The molecule has 0 saturated heterocycles. The van der Waals surface area contributed by atoms with E-state index < -0.39 is 0 Å². The number of aliphatic hydroxyl groups excluding tert-OH is 1. The predicted octanol–water partition coefficient (Wildman–Crippen LogP) is 5.14. The van der Waals surface area contributed by atoms with Gasteiger partial charge in [-0.05, 0) is 38.1 Å². The maximum absolute atomic E-state index is 12.0. The van der Waals surface area contributed by atoms with Gasteiger partial charge in [-0.2, -0.15) is 0 Å². The lowest BCUT2D eigenvalue weighted by atomic mass is 10.2. The SMILES string of the molecule is CC(C)OC(=O)c1ccc(N2CC(O)=C(c3nc(-c4ccccc4)cs3)C2=N)cc1. The average molecular weight is 420 g/mol. The van der Waals surface area contributed by atoms with Gasteiger partial charge in [-0.1, -0.05) is 30.3 Å². The Labute approximate surface area is 178 Å². The fourth-order valence-corrected chi connectivity index (χ4v) is 4.11. The maximum Gasteiger partial charge on any atom is 0.338 e. The van der Waals surface area contributed by atoms with Crippen molar-refractivity contribution in [1.82, 2.24) is 4.98 Å². The van der Waals surface area contributed by atoms with Crippen molar-refractivity contribution in [3.8, 4) is 11.3 Å². The van der Waals surface area contributed by atoms with Gasteiger partial charge >= 0.3 is 5.97 Å². The first-order valence-corrected chi connectivity index (χ1v) is 10.4. The standard InChI is InChI=1S/C23H21N3O3S/c1-14(2)29-23(28)16-8-10-17(11-9-16)26-12-19(27)20(21(26)24)22-25-18(13-30-22)15-6-4-3-5-7-15/h3-11,13-14,24,27H,12H2,1-2H3. The lowest BCUT2D eigenvalue weighted by Gasteiger charge is -2.19. The monoisotopic (exact) mass is 419 g/mol. The summed E-state index contributed by atoms with van der Waals surface area (Å²) in [7, 11) is 0. The smallest absolute Gasteiger partial charge is 0.338 e. The summed E-state index contributed by atoms with van der Waals surface area (Å²) in [5.41, 5.74) is 3.40. The van der Waals surface area contributed by atoms with E-state index in [4.69, 9.17) is 10.1 Å². The number of ether oxygens (including phenoxy) is 1. The van der Waals surface area contributed by atoms with Crippen molar-refractivity contribution in [2.75, 3.05) is 11.4 Å². The molecule has 3 aromatic rings. The lowest BCUT2D eigenvalue weighted by molar-refractivity contribution is 0.0378. The largest absolute Gasteiger partial charge is 0.510 e. The molecule has 0 radical (unpaired) electrons. The van der Waals surface area contributed by atoms with E-state index in [0.717, 1.165) is 11.3 Å². The number of carbonyl (C=O) groups excluding carboxylic acids is 1. The highest BCUT2D eigenvalue weighted by Crippen LogP contribution is 2.34. The summed E-state index contributed by atoms with van der Waals surface area (Å²) >= 11 is 1.40. The molecule has 1 aliphatic heterocycles. The molecule has 0 unspecified atom stereocenters. The van der Waals surface area contributed by atoms with Gasteiger partial charge in [0.1, 0.15) is 16.6 Å². The number of hydrogen-bond acceptors (Lipinski definition) is 6. The number of aromatic nitrogens is 1. The van der Waals surface area contributed by atoms with Gasteiger partial charge in [-0.3, -0.25) is 5.41 Å². The van der Waals surface area contributed by atoms with Gasteiger partial charge < -0.3 is 14.7 Å². The van der Waals surface area contributed by atoms with E-state index in [1.54, 1.807) is 43.0 Å². The molecule has 6 nitrogen and oxygen atoms in total. The zero-order valence-corrected chi connectivity index (χ0v) is 17.4. The van der Waals surface area contributed by atoms with Crippen LogP contribution in [0.5, 0.6) is 0 Å². The van der Waals surface area contributed by atoms with Crippen molar-refractivity contribution in [1.29, 1.82) is 5.41 Å². The Hall–Kier alpha value is -3.45. The highest BCUT2D eigenvalue weighted by atomic mass is 32.1. The number of esters is 1. The highest BCUT2D eigenvalue weighted by Gasteiger charge is 2.31. The molecule has 4 rings (SSSR count). The predicted molar refractivity (Wildman–Crippen MR) is 119 cm³/mol. The van der Waals surface area contributed by atoms with Crippen molar-refractivity contribution in [2.24, 2.45) is 0 Å². The van der Waals surface area contributed by atoms with Crippen molar-refractivity contribution in [2.45, 2.75) is 20.0 Å². The molecule has 0 amide bonds. The fourth-order valence-electron chi connectivity index (χ4n) is 3.21. The quantitative estimate of drug-likeness (QED) is 0.559. The topological polar surface area (TPSA) is 86.5 Å². The second kappa shape index (κ2) is 8.12. The number of amidine groups is 1. The number of carbonyl (C=O) groups is 1. The summed E-state index contributed by atoms with van der Waals surface area (Å²) in [6.07, 6.45) is -0.188. The van der Waals surface area contributed by atoms with Gasteiger partial charge in [0.2, 0.25) is 0 Å². The molecule has 0 fully saturated rings. The van der Waals surface area contributed by atoms with Gasteiger partial charge in [0.15, 0.2) is 0 Å². The number of aliphatic hydroxyl groups is 1. The minimum absolute atomic E-state index is 0.109. The Balaban J connectivity index is 1.54. The third kappa shape index (κ3) is 3.84. The second-order valence-electron chi connectivity index (χ2n) is 7.16. The first-order chi connectivity index (χ1) is 14.4. The van der Waals surface area contributed by atoms with Gasteiger partial charge in [0.05, 0.1) is 29.5 Å². The molecule has 30 heavy (non-hydrogen) atoms.